The third kappa shape index (κ3) is 1.16. The first-order valence-electron chi connectivity index (χ1n) is 2.62. The van der Waals surface area contributed by atoms with Crippen molar-refractivity contribution in [3.63, 3.8) is 0 Å². The quantitative estimate of drug-likeness (QED) is 0.514. The van der Waals surface area contributed by atoms with E-state index in [0.717, 1.165) is 5.57 Å². The highest BCUT2D eigenvalue weighted by atomic mass is 35.5. The van der Waals surface area contributed by atoms with E-state index in [2.05, 4.69) is 6.58 Å². The highest BCUT2D eigenvalue weighted by molar-refractivity contribution is 6.24. The summed E-state index contributed by atoms with van der Waals surface area (Å²) in [7, 11) is 0. The number of hydrogen-bond donors (Lipinski definition) is 1. The molecule has 1 N–H and O–H groups in total. The maximum Gasteiger partial charge on any atom is 0.115 e. The summed E-state index contributed by atoms with van der Waals surface area (Å²) in [6.45, 7) is 3.63. The van der Waals surface area contributed by atoms with E-state index in [9.17, 15) is 0 Å². The SMILES string of the molecule is C=C1C=CC=C(O)C1Cl. The molecule has 0 aliphatic heterocycles. The van der Waals surface area contributed by atoms with Gasteiger partial charge in [-0.15, -0.1) is 11.6 Å². The molecule has 48 valence electrons. The maximum atomic E-state index is 8.97. The van der Waals surface area contributed by atoms with E-state index in [1.54, 1.807) is 18.2 Å². The van der Waals surface area contributed by atoms with Gasteiger partial charge < -0.3 is 5.11 Å². The monoisotopic (exact) mass is 142 g/mol. The number of aliphatic hydroxyl groups is 1. The van der Waals surface area contributed by atoms with Gasteiger partial charge in [-0.1, -0.05) is 18.7 Å². The molecular weight excluding hydrogens is 136 g/mol. The highest BCUT2D eigenvalue weighted by Crippen LogP contribution is 2.20. The smallest absolute Gasteiger partial charge is 0.115 e. The van der Waals surface area contributed by atoms with Gasteiger partial charge in [0.1, 0.15) is 11.1 Å². The van der Waals surface area contributed by atoms with Gasteiger partial charge in [-0.05, 0) is 11.6 Å². The second-order valence-electron chi connectivity index (χ2n) is 1.89. The minimum atomic E-state index is -0.421. The van der Waals surface area contributed by atoms with Crippen LogP contribution in [-0.2, 0) is 0 Å². The van der Waals surface area contributed by atoms with Crippen LogP contribution in [0, 0.1) is 0 Å². The molecule has 0 aromatic carbocycles. The molecule has 0 amide bonds. The topological polar surface area (TPSA) is 20.2 Å². The second-order valence-corrected chi connectivity index (χ2v) is 2.32. The van der Waals surface area contributed by atoms with Crippen molar-refractivity contribution in [3.05, 3.63) is 36.1 Å². The van der Waals surface area contributed by atoms with E-state index in [0.29, 0.717) is 0 Å². The Hall–Kier alpha value is -0.690. The van der Waals surface area contributed by atoms with Gasteiger partial charge in [0.2, 0.25) is 0 Å². The van der Waals surface area contributed by atoms with Crippen LogP contribution in [0.3, 0.4) is 0 Å². The van der Waals surface area contributed by atoms with Crippen LogP contribution in [0.25, 0.3) is 0 Å². The fourth-order valence-corrected chi connectivity index (χ4v) is 0.775. The molecule has 1 rings (SSSR count). The molecule has 1 aliphatic rings. The van der Waals surface area contributed by atoms with Gasteiger partial charge in [0.15, 0.2) is 0 Å². The number of allylic oxidation sites excluding steroid dienone is 4. The predicted octanol–water partition coefficient (Wildman–Crippen LogP) is 2.16. The molecule has 9 heavy (non-hydrogen) atoms. The average Bonchev–Trinajstić information content (AvgIpc) is 1.83. The molecule has 2 heteroatoms. The minimum Gasteiger partial charge on any atom is -0.510 e. The molecule has 0 aromatic heterocycles. The van der Waals surface area contributed by atoms with E-state index in [4.69, 9.17) is 16.7 Å². The van der Waals surface area contributed by atoms with Crippen LogP contribution in [0.1, 0.15) is 0 Å². The summed E-state index contributed by atoms with van der Waals surface area (Å²) in [5.74, 6) is 0.171. The summed E-state index contributed by atoms with van der Waals surface area (Å²) in [6.07, 6.45) is 5.06. The van der Waals surface area contributed by atoms with Crippen LogP contribution in [0.4, 0.5) is 0 Å². The van der Waals surface area contributed by atoms with Crippen molar-refractivity contribution >= 4 is 11.6 Å². The lowest BCUT2D eigenvalue weighted by atomic mass is 10.1. The first-order chi connectivity index (χ1) is 4.22. The molecule has 0 radical (unpaired) electrons. The third-order valence-electron chi connectivity index (χ3n) is 1.16. The molecule has 0 heterocycles. The molecule has 0 bridgehead atoms. The van der Waals surface area contributed by atoms with Gasteiger partial charge >= 0.3 is 0 Å². The molecule has 0 saturated heterocycles. The summed E-state index contributed by atoms with van der Waals surface area (Å²) in [6, 6.07) is 0. The predicted molar refractivity (Wildman–Crippen MR) is 38.6 cm³/mol. The van der Waals surface area contributed by atoms with Crippen LogP contribution >= 0.6 is 11.6 Å². The minimum absolute atomic E-state index is 0.171. The normalized spacial score (nSPS) is 26.1. The van der Waals surface area contributed by atoms with Crippen LogP contribution < -0.4 is 0 Å². The molecule has 0 saturated carbocycles. The lowest BCUT2D eigenvalue weighted by Crippen LogP contribution is -2.06. The molecular formula is C7H7ClO. The largest absolute Gasteiger partial charge is 0.510 e. The number of alkyl halides is 1. The Kier molecular flexibility index (Phi) is 1.63. The van der Waals surface area contributed by atoms with Gasteiger partial charge in [-0.3, -0.25) is 0 Å². The Labute approximate surface area is 59.0 Å². The molecule has 0 aromatic rings. The van der Waals surface area contributed by atoms with E-state index < -0.39 is 5.38 Å². The van der Waals surface area contributed by atoms with Crippen LogP contribution in [0.15, 0.2) is 36.1 Å². The number of rotatable bonds is 0. The van der Waals surface area contributed by atoms with Crippen molar-refractivity contribution in [1.82, 2.24) is 0 Å². The van der Waals surface area contributed by atoms with Crippen LogP contribution in [-0.4, -0.2) is 10.5 Å². The van der Waals surface area contributed by atoms with Crippen molar-refractivity contribution in [2.45, 2.75) is 5.38 Å². The van der Waals surface area contributed by atoms with Gasteiger partial charge in [-0.2, -0.15) is 0 Å². The molecule has 1 nitrogen and oxygen atoms in total. The van der Waals surface area contributed by atoms with Crippen molar-refractivity contribution in [1.29, 1.82) is 0 Å². The summed E-state index contributed by atoms with van der Waals surface area (Å²) in [4.78, 5) is 0. The number of halogens is 1. The molecule has 1 aliphatic carbocycles. The van der Waals surface area contributed by atoms with E-state index in [1.807, 2.05) is 0 Å². The fourth-order valence-electron chi connectivity index (χ4n) is 0.629. The number of aliphatic hydroxyl groups excluding tert-OH is 1. The van der Waals surface area contributed by atoms with Crippen molar-refractivity contribution < 1.29 is 5.11 Å². The van der Waals surface area contributed by atoms with Crippen molar-refractivity contribution in [2.24, 2.45) is 0 Å². The van der Waals surface area contributed by atoms with Gasteiger partial charge in [0, 0.05) is 0 Å². The molecule has 0 fully saturated rings. The summed E-state index contributed by atoms with van der Waals surface area (Å²) >= 11 is 5.65. The standard InChI is InChI=1S/C7H7ClO/c1-5-3-2-4-6(9)7(5)8/h2-4,7,9H,1H2. The molecule has 1 unspecified atom stereocenters. The highest BCUT2D eigenvalue weighted by Gasteiger charge is 2.13. The average molecular weight is 143 g/mol. The zero-order valence-electron chi connectivity index (χ0n) is 4.84. The van der Waals surface area contributed by atoms with Gasteiger partial charge in [0.05, 0.1) is 0 Å². The Balaban J connectivity index is 2.86. The fraction of sp³-hybridized carbons (Fsp3) is 0.143. The maximum absolute atomic E-state index is 8.97. The van der Waals surface area contributed by atoms with E-state index in [1.165, 1.54) is 0 Å². The van der Waals surface area contributed by atoms with Crippen molar-refractivity contribution in [2.75, 3.05) is 0 Å². The van der Waals surface area contributed by atoms with Gasteiger partial charge in [-0.25, -0.2) is 0 Å². The lowest BCUT2D eigenvalue weighted by molar-refractivity contribution is 0.400. The van der Waals surface area contributed by atoms with Gasteiger partial charge in [0.25, 0.3) is 0 Å². The molecule has 0 spiro atoms. The molecule has 1 atom stereocenters. The summed E-state index contributed by atoms with van der Waals surface area (Å²) < 4.78 is 0. The first-order valence-corrected chi connectivity index (χ1v) is 3.05. The Morgan fingerprint density at radius 3 is 2.78 bits per heavy atom. The van der Waals surface area contributed by atoms with Crippen LogP contribution in [0.2, 0.25) is 0 Å². The Morgan fingerprint density at radius 1 is 1.67 bits per heavy atom. The summed E-state index contributed by atoms with van der Waals surface area (Å²) in [5.41, 5.74) is 0.733. The first kappa shape index (κ1) is 6.43. The number of hydrogen-bond acceptors (Lipinski definition) is 1. The second kappa shape index (κ2) is 2.28. The van der Waals surface area contributed by atoms with Crippen LogP contribution in [0.5, 0.6) is 0 Å². The lowest BCUT2D eigenvalue weighted by Gasteiger charge is -2.10. The Bertz CT molecular complexity index is 191. The summed E-state index contributed by atoms with van der Waals surface area (Å²) in [5, 5.41) is 8.54. The van der Waals surface area contributed by atoms with E-state index in [-0.39, 0.29) is 5.76 Å². The zero-order valence-corrected chi connectivity index (χ0v) is 5.60. The third-order valence-corrected chi connectivity index (χ3v) is 1.67. The van der Waals surface area contributed by atoms with Crippen molar-refractivity contribution in [3.8, 4) is 0 Å². The van der Waals surface area contributed by atoms with E-state index >= 15 is 0 Å². The zero-order chi connectivity index (χ0) is 6.85. The Morgan fingerprint density at radius 2 is 2.33 bits per heavy atom.